The van der Waals surface area contributed by atoms with Gasteiger partial charge < -0.3 is 9.84 Å². The van der Waals surface area contributed by atoms with E-state index in [1.165, 1.54) is 0 Å². The quantitative estimate of drug-likeness (QED) is 0.677. The predicted octanol–water partition coefficient (Wildman–Crippen LogP) is 1.99. The number of imidazole rings is 1. The molecule has 3 aromatic rings. The highest BCUT2D eigenvalue weighted by atomic mass is 16.5. The minimum Gasteiger partial charge on any atom is -0.339 e. The van der Waals surface area contributed by atoms with Gasteiger partial charge in [0.2, 0.25) is 5.89 Å². The molecule has 0 aliphatic rings. The number of hydrogen-bond donors (Lipinski definition) is 1. The smallest absolute Gasteiger partial charge is 0.329 e. The minimum atomic E-state index is 0.0200. The Labute approximate surface area is 146 Å². The second kappa shape index (κ2) is 7.65. The topological polar surface area (TPSA) is 77.9 Å². The van der Waals surface area contributed by atoms with Crippen molar-refractivity contribution in [3.05, 3.63) is 46.5 Å². The van der Waals surface area contributed by atoms with Crippen LogP contribution in [0.2, 0.25) is 0 Å². The number of nitrogens with zero attached hydrogens (tertiary/aromatic N) is 4. The third-order valence-electron chi connectivity index (χ3n) is 4.41. The molecule has 0 aliphatic carbocycles. The van der Waals surface area contributed by atoms with Crippen LogP contribution in [-0.2, 0) is 25.9 Å². The summed E-state index contributed by atoms with van der Waals surface area (Å²) in [6.07, 6.45) is 2.18. The van der Waals surface area contributed by atoms with E-state index < -0.39 is 0 Å². The van der Waals surface area contributed by atoms with Crippen molar-refractivity contribution in [3.63, 3.8) is 0 Å². The second-order valence-corrected chi connectivity index (χ2v) is 6.32. The van der Waals surface area contributed by atoms with E-state index in [-0.39, 0.29) is 5.69 Å². The van der Waals surface area contributed by atoms with E-state index >= 15 is 0 Å². The Morgan fingerprint density at radius 3 is 2.52 bits per heavy atom. The molecule has 1 N–H and O–H groups in total. The van der Waals surface area contributed by atoms with E-state index in [1.54, 1.807) is 4.57 Å². The molecule has 2 aromatic heterocycles. The molecule has 0 spiro atoms. The largest absolute Gasteiger partial charge is 0.339 e. The summed E-state index contributed by atoms with van der Waals surface area (Å²) in [6, 6.07) is 8.19. The van der Waals surface area contributed by atoms with Crippen LogP contribution in [0.1, 0.15) is 32.0 Å². The molecule has 2 heterocycles. The highest BCUT2D eigenvalue weighted by Gasteiger charge is 2.14. The fraction of sp³-hybridized carbons (Fsp3) is 0.500. The summed E-state index contributed by atoms with van der Waals surface area (Å²) in [7, 11) is 1.91. The summed E-state index contributed by atoms with van der Waals surface area (Å²) < 4.78 is 8.96. The first kappa shape index (κ1) is 17.4. The molecule has 0 saturated heterocycles. The zero-order chi connectivity index (χ0) is 17.8. The molecular weight excluding hydrogens is 318 g/mol. The predicted molar refractivity (Wildman–Crippen MR) is 96.7 cm³/mol. The van der Waals surface area contributed by atoms with Crippen molar-refractivity contribution < 1.29 is 4.52 Å². The zero-order valence-corrected chi connectivity index (χ0v) is 15.0. The summed E-state index contributed by atoms with van der Waals surface area (Å²) in [5.74, 6) is 1.26. The lowest BCUT2D eigenvalue weighted by Crippen LogP contribution is -2.25. The molecule has 0 bridgehead atoms. The van der Waals surface area contributed by atoms with Gasteiger partial charge >= 0.3 is 5.69 Å². The second-order valence-electron chi connectivity index (χ2n) is 6.32. The number of rotatable bonds is 8. The maximum Gasteiger partial charge on any atom is 0.329 e. The van der Waals surface area contributed by atoms with Gasteiger partial charge in [-0.3, -0.25) is 9.13 Å². The molecule has 1 unspecified atom stereocenters. The lowest BCUT2D eigenvalue weighted by atomic mass is 10.2. The number of aromatic nitrogens is 4. The van der Waals surface area contributed by atoms with Gasteiger partial charge in [0, 0.05) is 32.0 Å². The number of hydrogen-bond acceptors (Lipinski definition) is 5. The van der Waals surface area contributed by atoms with Crippen LogP contribution in [-0.4, -0.2) is 32.4 Å². The van der Waals surface area contributed by atoms with Gasteiger partial charge in [-0.15, -0.1) is 0 Å². The van der Waals surface area contributed by atoms with Crippen molar-refractivity contribution in [2.24, 2.45) is 0 Å². The lowest BCUT2D eigenvalue weighted by Gasteiger charge is -2.04. The van der Waals surface area contributed by atoms with E-state index in [9.17, 15) is 4.79 Å². The Bertz CT molecular complexity index is 892. The van der Waals surface area contributed by atoms with Gasteiger partial charge in [-0.05, 0) is 32.5 Å². The summed E-state index contributed by atoms with van der Waals surface area (Å²) in [4.78, 5) is 17.2. The van der Waals surface area contributed by atoms with Crippen molar-refractivity contribution in [1.82, 2.24) is 24.6 Å². The molecule has 0 amide bonds. The van der Waals surface area contributed by atoms with Crippen LogP contribution in [0.25, 0.3) is 11.0 Å². The third kappa shape index (κ3) is 3.66. The van der Waals surface area contributed by atoms with Gasteiger partial charge in [0.1, 0.15) is 0 Å². The molecule has 134 valence electrons. The third-order valence-corrected chi connectivity index (χ3v) is 4.41. The number of aryl methyl sites for hydroxylation is 3. The fourth-order valence-corrected chi connectivity index (χ4v) is 2.99. The van der Waals surface area contributed by atoms with Crippen molar-refractivity contribution in [1.29, 1.82) is 0 Å². The molecule has 1 atom stereocenters. The highest BCUT2D eigenvalue weighted by molar-refractivity contribution is 5.75. The standard InChI is InChI=1S/C18H25N5O2/c1-4-10-22-14-7-5-6-8-15(14)23(18(22)24)11-9-17-20-16(21-25-17)12-13(2)19-3/h5-8,13,19H,4,9-12H2,1-3H3. The van der Waals surface area contributed by atoms with Crippen LogP contribution in [0.5, 0.6) is 0 Å². The number of likely N-dealkylation sites (N-methyl/N-ethyl adjacent to an activating group) is 1. The van der Waals surface area contributed by atoms with Gasteiger partial charge in [-0.25, -0.2) is 4.79 Å². The van der Waals surface area contributed by atoms with Gasteiger partial charge in [0.25, 0.3) is 0 Å². The van der Waals surface area contributed by atoms with Crippen molar-refractivity contribution in [2.45, 2.75) is 52.2 Å². The minimum absolute atomic E-state index is 0.0200. The molecular formula is C18H25N5O2. The van der Waals surface area contributed by atoms with Gasteiger partial charge in [-0.1, -0.05) is 24.2 Å². The number of benzene rings is 1. The Balaban J connectivity index is 1.80. The van der Waals surface area contributed by atoms with Crippen LogP contribution in [0, 0.1) is 0 Å². The maximum absolute atomic E-state index is 12.7. The van der Waals surface area contributed by atoms with Crippen LogP contribution in [0.4, 0.5) is 0 Å². The Morgan fingerprint density at radius 2 is 1.88 bits per heavy atom. The Morgan fingerprint density at radius 1 is 1.20 bits per heavy atom. The van der Waals surface area contributed by atoms with E-state index in [2.05, 4.69) is 29.3 Å². The summed E-state index contributed by atoms with van der Waals surface area (Å²) in [6.45, 7) is 5.39. The maximum atomic E-state index is 12.7. The summed E-state index contributed by atoms with van der Waals surface area (Å²) >= 11 is 0. The number of fused-ring (bicyclic) bond motifs is 1. The SMILES string of the molecule is CCCn1c(=O)n(CCc2nc(CC(C)NC)no2)c2ccccc21. The first-order valence-corrected chi connectivity index (χ1v) is 8.80. The Kier molecular flexibility index (Phi) is 5.33. The van der Waals surface area contributed by atoms with Crippen LogP contribution >= 0.6 is 0 Å². The fourth-order valence-electron chi connectivity index (χ4n) is 2.99. The first-order valence-electron chi connectivity index (χ1n) is 8.80. The highest BCUT2D eigenvalue weighted by Crippen LogP contribution is 2.14. The van der Waals surface area contributed by atoms with E-state index in [0.717, 1.165) is 30.4 Å². The zero-order valence-electron chi connectivity index (χ0n) is 15.0. The number of para-hydroxylation sites is 2. The molecule has 7 nitrogen and oxygen atoms in total. The van der Waals surface area contributed by atoms with E-state index in [0.29, 0.717) is 30.7 Å². The van der Waals surface area contributed by atoms with Crippen molar-refractivity contribution >= 4 is 11.0 Å². The van der Waals surface area contributed by atoms with Gasteiger partial charge in [0.15, 0.2) is 5.82 Å². The van der Waals surface area contributed by atoms with Crippen molar-refractivity contribution in [3.8, 4) is 0 Å². The van der Waals surface area contributed by atoms with Crippen molar-refractivity contribution in [2.75, 3.05) is 7.05 Å². The van der Waals surface area contributed by atoms with Crippen LogP contribution in [0.3, 0.4) is 0 Å². The molecule has 0 aliphatic heterocycles. The Hall–Kier alpha value is -2.41. The summed E-state index contributed by atoms with van der Waals surface area (Å²) in [5, 5.41) is 7.17. The van der Waals surface area contributed by atoms with Crippen LogP contribution < -0.4 is 11.0 Å². The monoisotopic (exact) mass is 343 g/mol. The average molecular weight is 343 g/mol. The molecule has 0 saturated carbocycles. The molecule has 7 heteroatoms. The first-order chi connectivity index (χ1) is 12.1. The summed E-state index contributed by atoms with van der Waals surface area (Å²) in [5.41, 5.74) is 1.94. The molecule has 25 heavy (non-hydrogen) atoms. The number of nitrogens with one attached hydrogen (secondary N) is 1. The van der Waals surface area contributed by atoms with Gasteiger partial charge in [0.05, 0.1) is 11.0 Å². The normalized spacial score (nSPS) is 12.8. The van der Waals surface area contributed by atoms with E-state index in [4.69, 9.17) is 4.52 Å². The van der Waals surface area contributed by atoms with E-state index in [1.807, 2.05) is 35.9 Å². The molecule has 1 aromatic carbocycles. The lowest BCUT2D eigenvalue weighted by molar-refractivity contribution is 0.365. The molecule has 0 radical (unpaired) electrons. The van der Waals surface area contributed by atoms with Crippen LogP contribution in [0.15, 0.2) is 33.6 Å². The van der Waals surface area contributed by atoms with Gasteiger partial charge in [-0.2, -0.15) is 4.98 Å². The molecule has 3 rings (SSSR count). The molecule has 0 fully saturated rings. The average Bonchev–Trinajstić information content (AvgIpc) is 3.17.